The molecule has 0 spiro atoms. The number of carboxylic acid groups (broad SMARTS) is 2. The minimum atomic E-state index is -6.05. The number of aryl methyl sites for hydroxylation is 4. The number of benzene rings is 8. The topological polar surface area (TPSA) is 197 Å². The Morgan fingerprint density at radius 2 is 0.595 bits per heavy atom. The molecule has 8 aromatic carbocycles. The number of aromatic nitrogens is 4. The summed E-state index contributed by atoms with van der Waals surface area (Å²) in [4.78, 5) is 96.4. The van der Waals surface area contributed by atoms with E-state index >= 15 is 0 Å². The van der Waals surface area contributed by atoms with Gasteiger partial charge in [0.1, 0.15) is 24.0 Å². The number of rotatable bonds is 16. The maximum absolute atomic E-state index is 14.6. The number of hydrogen-bond acceptors (Lipinski definition) is 8. The molecule has 0 amide bonds. The maximum Gasteiger partial charge on any atom is 0.459 e. The van der Waals surface area contributed by atoms with E-state index in [1.807, 2.05) is 6.92 Å². The van der Waals surface area contributed by atoms with E-state index in [4.69, 9.17) is 56.6 Å². The second-order valence-electron chi connectivity index (χ2n) is 24.7. The Kier molecular flexibility index (Phi) is 26.3. The van der Waals surface area contributed by atoms with Crippen LogP contribution < -0.4 is 0 Å². The summed E-state index contributed by atoms with van der Waals surface area (Å²) in [5.41, 5.74) is -2.47. The fourth-order valence-electron chi connectivity index (χ4n) is 12.3. The van der Waals surface area contributed by atoms with E-state index in [1.54, 1.807) is 57.2 Å². The first kappa shape index (κ1) is 85.7. The van der Waals surface area contributed by atoms with Crippen molar-refractivity contribution in [1.82, 2.24) is 18.3 Å². The average molecular weight is 1630 g/mol. The normalized spacial score (nSPS) is 11.7. The third-order valence-electron chi connectivity index (χ3n) is 17.1. The Morgan fingerprint density at radius 3 is 0.874 bits per heavy atom. The highest BCUT2D eigenvalue weighted by Crippen LogP contribution is 2.50. The van der Waals surface area contributed by atoms with E-state index in [2.05, 4.69) is 0 Å². The lowest BCUT2D eigenvalue weighted by Crippen LogP contribution is -2.38. The highest BCUT2D eigenvalue weighted by molar-refractivity contribution is 6.31. The van der Waals surface area contributed by atoms with Crippen LogP contribution in [0.5, 0.6) is 0 Å². The minimum absolute atomic E-state index is 0. The Balaban J connectivity index is 0.000000186. The highest BCUT2D eigenvalue weighted by atomic mass is 35.5. The van der Waals surface area contributed by atoms with Gasteiger partial charge >= 0.3 is 36.1 Å². The largest absolute Gasteiger partial charge is 0.481 e. The predicted molar refractivity (Wildman–Crippen MR) is 390 cm³/mol. The Bertz CT molecular complexity index is 5590. The fraction of sp³-hybridized carbons (Fsp3) is 0.190. The third-order valence-corrected chi connectivity index (χ3v) is 18.1. The molecule has 32 heteroatoms. The molecule has 0 unspecified atom stereocenters. The van der Waals surface area contributed by atoms with Gasteiger partial charge in [0.05, 0.1) is 46.3 Å². The summed E-state index contributed by atoms with van der Waals surface area (Å²) >= 11 is 23.1. The second-order valence-corrected chi connectivity index (χ2v) is 26.4. The van der Waals surface area contributed by atoms with E-state index in [-0.39, 0.29) is 95.4 Å². The zero-order chi connectivity index (χ0) is 81.1. The molecule has 12 rings (SSSR count). The van der Waals surface area contributed by atoms with Crippen LogP contribution >= 0.6 is 46.4 Å². The Hall–Kier alpha value is -10.9. The molecular formula is C79H58Cl4F14N4O10. The summed E-state index contributed by atoms with van der Waals surface area (Å²) in [7, 11) is 0. The molecule has 2 N–H and O–H groups in total. The van der Waals surface area contributed by atoms with Crippen LogP contribution in [-0.4, -0.2) is 89.0 Å². The predicted octanol–water partition coefficient (Wildman–Crippen LogP) is 21.7. The molecule has 0 aliphatic carbocycles. The van der Waals surface area contributed by atoms with Gasteiger partial charge in [0.15, 0.2) is 0 Å². The van der Waals surface area contributed by atoms with Crippen LogP contribution in [0.1, 0.15) is 129 Å². The smallest absolute Gasteiger partial charge is 0.459 e. The summed E-state index contributed by atoms with van der Waals surface area (Å²) in [5.74, 6) is -17.2. The monoisotopic (exact) mass is 1630 g/mol. The Labute approximate surface area is 640 Å². The van der Waals surface area contributed by atoms with E-state index in [1.165, 1.54) is 133 Å². The van der Waals surface area contributed by atoms with Crippen LogP contribution in [-0.2, 0) is 56.7 Å². The van der Waals surface area contributed by atoms with Crippen molar-refractivity contribution in [2.24, 2.45) is 0 Å². The molecule has 0 fully saturated rings. The Morgan fingerprint density at radius 1 is 0.360 bits per heavy atom. The van der Waals surface area contributed by atoms with Crippen LogP contribution in [0.3, 0.4) is 0 Å². The van der Waals surface area contributed by atoms with Gasteiger partial charge in [0.2, 0.25) is 0 Å². The zero-order valence-electron chi connectivity index (χ0n) is 57.1. The van der Waals surface area contributed by atoms with Gasteiger partial charge in [-0.15, -0.1) is 0 Å². The van der Waals surface area contributed by atoms with Gasteiger partial charge in [0, 0.05) is 76.7 Å². The van der Waals surface area contributed by atoms with Gasteiger partial charge < -0.3 is 19.8 Å². The summed E-state index contributed by atoms with van der Waals surface area (Å²) in [6.45, 7) is 6.77. The number of aldehydes is 2. The van der Waals surface area contributed by atoms with Crippen LogP contribution in [0.2, 0.25) is 20.1 Å². The number of nitrogens with zero attached hydrogens (tertiary/aromatic N) is 4. The highest BCUT2D eigenvalue weighted by Gasteiger charge is 2.63. The second kappa shape index (κ2) is 34.1. The van der Waals surface area contributed by atoms with Crippen LogP contribution in [0.4, 0.5) is 61.5 Å². The summed E-state index contributed by atoms with van der Waals surface area (Å²) in [5, 5.41) is 20.3. The molecule has 12 aromatic rings. The maximum atomic E-state index is 14.6. The van der Waals surface area contributed by atoms with E-state index < -0.39 is 126 Å². The molecule has 0 bridgehead atoms. The molecule has 0 atom stereocenters. The number of fused-ring (bicyclic) bond motifs is 4. The van der Waals surface area contributed by atoms with E-state index in [0.29, 0.717) is 48.3 Å². The number of halogens is 18. The van der Waals surface area contributed by atoms with Crippen molar-refractivity contribution in [2.75, 3.05) is 0 Å². The molecule has 0 aliphatic heterocycles. The van der Waals surface area contributed by atoms with Crippen molar-refractivity contribution in [2.45, 2.75) is 97.9 Å². The molecule has 111 heavy (non-hydrogen) atoms. The molecule has 580 valence electrons. The van der Waals surface area contributed by atoms with Gasteiger partial charge in [-0.2, -0.15) is 43.9 Å². The van der Waals surface area contributed by atoms with Crippen molar-refractivity contribution in [1.29, 1.82) is 0 Å². The first-order chi connectivity index (χ1) is 51.6. The molecule has 14 nitrogen and oxygen atoms in total. The standard InChI is InChI=1S/C20H13ClF5NO3.C20H13ClF5NO2.C19H14ClF2NO3.C19H14ClF2NO2.CH4/c1-10-2-7-15-13(8-10)14(9-16(28)29)17(19(22,23)20(24,25)26)27(15)18(30)11-3-5-12(21)6-4-11;1-11-2-7-16-15(10-11)14(8-9-28)17(19(22,23)20(24,25)26)27(16)18(29)12-3-5-13(21)6-4-12;1-10-2-7-15-13(8-10)14(9-16(24)25)17(18(21)22)23(15)19(26)11-3-5-12(20)6-4-11;1-11-2-7-16-15(10-11)14(8-9-24)17(18(21)22)23(16)19(25)12-3-5-13(20)6-4-12;/h2-8H,9H2,1H3,(H,28,29);2-7,9-10H,8H2,1H3;2-8,18H,9H2,1H3,(H,24,25);2-7,9-10,18H,8H2,1H3;1H4. The fourth-order valence-corrected chi connectivity index (χ4v) is 12.8. The minimum Gasteiger partial charge on any atom is -0.481 e. The van der Waals surface area contributed by atoms with Crippen molar-refractivity contribution < 1.29 is 110 Å². The average Bonchev–Trinajstić information content (AvgIpc) is 1.52. The van der Waals surface area contributed by atoms with Crippen LogP contribution in [0, 0.1) is 27.7 Å². The summed E-state index contributed by atoms with van der Waals surface area (Å²) in [6, 6.07) is 39.9. The SMILES string of the molecule is C.Cc1ccc2c(c1)c(CC(=O)O)c(C(F)(F)C(F)(F)F)n2C(=O)c1ccc(Cl)cc1.Cc1ccc2c(c1)c(CC(=O)O)c(C(F)F)n2C(=O)c1ccc(Cl)cc1.Cc1ccc2c(c1)c(CC=O)c(C(F)(F)C(F)(F)F)n2C(=O)c1ccc(Cl)cc1.Cc1ccc2c(c1)c(CC=O)c(C(F)F)n2C(=O)c1ccc(Cl)cc1. The molecule has 0 radical (unpaired) electrons. The van der Waals surface area contributed by atoms with Gasteiger partial charge in [-0.3, -0.25) is 47.0 Å². The van der Waals surface area contributed by atoms with Crippen molar-refractivity contribution in [3.8, 4) is 0 Å². The van der Waals surface area contributed by atoms with Crippen molar-refractivity contribution in [3.05, 3.63) is 279 Å². The molecule has 0 saturated heterocycles. The first-order valence-corrected chi connectivity index (χ1v) is 33.6. The van der Waals surface area contributed by atoms with Crippen molar-refractivity contribution in [3.63, 3.8) is 0 Å². The lowest BCUT2D eigenvalue weighted by Gasteiger charge is -2.23. The van der Waals surface area contributed by atoms with Gasteiger partial charge in [0.25, 0.3) is 36.5 Å². The summed E-state index contributed by atoms with van der Waals surface area (Å²) in [6.07, 6.45) is -19.7. The number of carbonyl (C=O) groups excluding carboxylic acids is 6. The third kappa shape index (κ3) is 17.8. The number of aliphatic carboxylic acids is 2. The van der Waals surface area contributed by atoms with Crippen LogP contribution in [0.15, 0.2) is 170 Å². The van der Waals surface area contributed by atoms with Crippen LogP contribution in [0.25, 0.3) is 43.6 Å². The quantitative estimate of drug-likeness (QED) is 0.0693. The molecule has 0 saturated carbocycles. The number of carbonyl (C=O) groups is 8. The molecular weight excluding hydrogens is 1570 g/mol. The lowest BCUT2D eigenvalue weighted by molar-refractivity contribution is -0.291. The van der Waals surface area contributed by atoms with Crippen molar-refractivity contribution >= 4 is 138 Å². The summed E-state index contributed by atoms with van der Waals surface area (Å²) < 4.78 is 196. The zero-order valence-corrected chi connectivity index (χ0v) is 60.1. The van der Waals surface area contributed by atoms with Gasteiger partial charge in [-0.05, 0) is 196 Å². The lowest BCUT2D eigenvalue weighted by atomic mass is 10.0. The van der Waals surface area contributed by atoms with E-state index in [9.17, 15) is 99.8 Å². The molecule has 0 aliphatic rings. The van der Waals surface area contributed by atoms with E-state index in [0.717, 1.165) is 20.3 Å². The molecule has 4 heterocycles. The van der Waals surface area contributed by atoms with Gasteiger partial charge in [-0.25, -0.2) is 17.6 Å². The first-order valence-electron chi connectivity index (χ1n) is 32.1. The van der Waals surface area contributed by atoms with Gasteiger partial charge in [-0.1, -0.05) is 100 Å². The number of carboxylic acids is 2. The number of alkyl halides is 14. The molecule has 4 aromatic heterocycles. The number of hydrogen-bond donors (Lipinski definition) is 2.